The molecule has 0 spiro atoms. The van der Waals surface area contributed by atoms with Gasteiger partial charge in [0.15, 0.2) is 0 Å². The van der Waals surface area contributed by atoms with Crippen molar-refractivity contribution in [2.45, 2.75) is 6.92 Å². The number of nitrogens with zero attached hydrogens (tertiary/aromatic N) is 2. The first-order valence-electron chi connectivity index (χ1n) is 22.1. The van der Waals surface area contributed by atoms with Gasteiger partial charge in [-0.25, -0.2) is 4.98 Å². The molecule has 2 aromatic heterocycles. The summed E-state index contributed by atoms with van der Waals surface area (Å²) in [7, 11) is 0. The van der Waals surface area contributed by atoms with E-state index in [-0.39, 0.29) is 0 Å². The number of hydrogen-bond acceptors (Lipinski definition) is 1. The van der Waals surface area contributed by atoms with Gasteiger partial charge in [0.25, 0.3) is 0 Å². The Hall–Kier alpha value is -8.33. The normalized spacial score (nSPS) is 11.8. The van der Waals surface area contributed by atoms with Gasteiger partial charge in [-0.2, -0.15) is 0 Å². The Labute approximate surface area is 370 Å². The van der Waals surface area contributed by atoms with Crippen LogP contribution < -0.4 is 0 Å². The van der Waals surface area contributed by atoms with Gasteiger partial charge in [0.05, 0.1) is 28.1 Å². The van der Waals surface area contributed by atoms with Crippen molar-refractivity contribution in [2.24, 2.45) is 0 Å². The second-order valence-electron chi connectivity index (χ2n) is 17.2. The SMILES string of the molecule is Cc1ccc(-c2ccc3c4ccccc4c4cc5c6cc(-c7ccccc7)ccc6n(-c6cc(-c7ccc8ccccc8c7)nc(-c7ccc8ccccc8c7)c6)c5cc4c3c2)cc1. The van der Waals surface area contributed by atoms with Gasteiger partial charge in [-0.05, 0) is 138 Å². The minimum absolute atomic E-state index is 0.933. The third-order valence-electron chi connectivity index (χ3n) is 13.4. The van der Waals surface area contributed by atoms with E-state index in [1.54, 1.807) is 0 Å². The first-order chi connectivity index (χ1) is 31.6. The Bertz CT molecular complexity index is 3910. The lowest BCUT2D eigenvalue weighted by atomic mass is 9.91. The van der Waals surface area contributed by atoms with Crippen LogP contribution >= 0.6 is 0 Å². The zero-order valence-corrected chi connectivity index (χ0v) is 35.3. The average molecular weight is 813 g/mol. The van der Waals surface area contributed by atoms with E-state index in [0.717, 1.165) is 39.2 Å². The van der Waals surface area contributed by atoms with Crippen LogP contribution in [0.15, 0.2) is 224 Å². The maximum Gasteiger partial charge on any atom is 0.0730 e. The zero-order valence-electron chi connectivity index (χ0n) is 35.3. The number of aromatic nitrogens is 2. The van der Waals surface area contributed by atoms with Crippen LogP contribution in [0.1, 0.15) is 5.56 Å². The lowest BCUT2D eigenvalue weighted by Gasteiger charge is -2.15. The van der Waals surface area contributed by atoms with E-state index in [4.69, 9.17) is 4.98 Å². The van der Waals surface area contributed by atoms with E-state index < -0.39 is 0 Å². The molecule has 2 heteroatoms. The van der Waals surface area contributed by atoms with Crippen molar-refractivity contribution < 1.29 is 0 Å². The summed E-state index contributed by atoms with van der Waals surface area (Å²) in [5.41, 5.74) is 13.5. The van der Waals surface area contributed by atoms with E-state index in [1.165, 1.54) is 92.5 Å². The fraction of sp³-hybridized carbons (Fsp3) is 0.0161. The highest BCUT2D eigenvalue weighted by atomic mass is 15.0. The predicted octanol–water partition coefficient (Wildman–Crippen LogP) is 16.9. The highest BCUT2D eigenvalue weighted by Gasteiger charge is 2.20. The number of benzene rings is 11. The van der Waals surface area contributed by atoms with Gasteiger partial charge in [0.1, 0.15) is 0 Å². The van der Waals surface area contributed by atoms with Crippen LogP contribution in [-0.2, 0) is 0 Å². The third-order valence-corrected chi connectivity index (χ3v) is 13.4. The van der Waals surface area contributed by atoms with Crippen LogP contribution in [0.3, 0.4) is 0 Å². The van der Waals surface area contributed by atoms with Crippen LogP contribution in [0.25, 0.3) is 126 Å². The van der Waals surface area contributed by atoms with Crippen molar-refractivity contribution in [3.63, 3.8) is 0 Å². The zero-order chi connectivity index (χ0) is 42.3. The van der Waals surface area contributed by atoms with E-state index in [0.29, 0.717) is 0 Å². The summed E-state index contributed by atoms with van der Waals surface area (Å²) in [5, 5.41) is 14.8. The topological polar surface area (TPSA) is 17.8 Å². The minimum atomic E-state index is 0.933. The highest BCUT2D eigenvalue weighted by molar-refractivity contribution is 6.29. The van der Waals surface area contributed by atoms with Crippen LogP contribution in [-0.4, -0.2) is 9.55 Å². The van der Waals surface area contributed by atoms with E-state index in [2.05, 4.69) is 236 Å². The molecule has 0 aliphatic heterocycles. The van der Waals surface area contributed by atoms with Crippen molar-refractivity contribution >= 4 is 75.7 Å². The van der Waals surface area contributed by atoms with Gasteiger partial charge in [-0.15, -0.1) is 0 Å². The summed E-state index contributed by atoms with van der Waals surface area (Å²) in [6, 6.07) is 82.6. The van der Waals surface area contributed by atoms with Gasteiger partial charge in [0, 0.05) is 21.9 Å². The summed E-state index contributed by atoms with van der Waals surface area (Å²) in [4.78, 5) is 5.47. The molecule has 0 amide bonds. The molecule has 64 heavy (non-hydrogen) atoms. The Kier molecular flexibility index (Phi) is 8.16. The maximum absolute atomic E-state index is 5.47. The standard InChI is InChI=1S/C62H40N2/c1-39-19-21-43(22-20-39)46-27-29-53-51-17-9-10-18-52(51)55-37-58-57-34-47(40-11-3-2-4-12-40)28-30-61(57)64(62(58)38-56(55)54(53)33-46)50-35-59(48-25-23-41-13-5-7-15-44(41)31-48)63-60(36-50)49-26-24-42-14-6-8-16-45(42)32-49/h2-38H,1H3. The van der Waals surface area contributed by atoms with Gasteiger partial charge in [0.2, 0.25) is 0 Å². The van der Waals surface area contributed by atoms with Crippen molar-refractivity contribution in [1.29, 1.82) is 0 Å². The van der Waals surface area contributed by atoms with Crippen molar-refractivity contribution in [1.82, 2.24) is 9.55 Å². The van der Waals surface area contributed by atoms with Crippen LogP contribution in [0.5, 0.6) is 0 Å². The molecule has 0 fully saturated rings. The summed E-state index contributed by atoms with van der Waals surface area (Å²) in [6.45, 7) is 2.15. The monoisotopic (exact) mass is 812 g/mol. The maximum atomic E-state index is 5.47. The second kappa shape index (κ2) is 14.4. The summed E-state index contributed by atoms with van der Waals surface area (Å²) in [6.07, 6.45) is 0. The first-order valence-corrected chi connectivity index (χ1v) is 22.1. The summed E-state index contributed by atoms with van der Waals surface area (Å²) >= 11 is 0. The molecule has 0 aliphatic carbocycles. The Morgan fingerprint density at radius 2 is 0.750 bits per heavy atom. The van der Waals surface area contributed by atoms with Gasteiger partial charge < -0.3 is 4.57 Å². The summed E-state index contributed by atoms with van der Waals surface area (Å²) < 4.78 is 2.49. The number of pyridine rings is 1. The quantitative estimate of drug-likeness (QED) is 0.158. The van der Waals surface area contributed by atoms with Crippen molar-refractivity contribution in [3.8, 4) is 50.5 Å². The van der Waals surface area contributed by atoms with Crippen LogP contribution in [0.2, 0.25) is 0 Å². The van der Waals surface area contributed by atoms with Crippen molar-refractivity contribution in [3.05, 3.63) is 230 Å². The van der Waals surface area contributed by atoms with Gasteiger partial charge in [-0.1, -0.05) is 175 Å². The van der Waals surface area contributed by atoms with Crippen molar-refractivity contribution in [2.75, 3.05) is 0 Å². The number of fused-ring (bicyclic) bond motifs is 11. The molecule has 11 aromatic carbocycles. The molecule has 13 rings (SSSR count). The Morgan fingerprint density at radius 3 is 1.42 bits per heavy atom. The predicted molar refractivity (Wildman–Crippen MR) is 273 cm³/mol. The molecule has 0 unspecified atom stereocenters. The Balaban J connectivity index is 1.14. The molecular weight excluding hydrogens is 773 g/mol. The molecule has 2 nitrogen and oxygen atoms in total. The van der Waals surface area contributed by atoms with Gasteiger partial charge >= 0.3 is 0 Å². The van der Waals surface area contributed by atoms with E-state index in [1.807, 2.05) is 0 Å². The smallest absolute Gasteiger partial charge is 0.0730 e. The lowest BCUT2D eigenvalue weighted by molar-refractivity contribution is 1.16. The largest absolute Gasteiger partial charge is 0.309 e. The van der Waals surface area contributed by atoms with Crippen LogP contribution in [0, 0.1) is 6.92 Å². The third kappa shape index (κ3) is 5.91. The number of hydrogen-bond donors (Lipinski definition) is 0. The van der Waals surface area contributed by atoms with Crippen LogP contribution in [0.4, 0.5) is 0 Å². The number of rotatable bonds is 5. The first kappa shape index (κ1) is 36.3. The molecule has 298 valence electrons. The van der Waals surface area contributed by atoms with Gasteiger partial charge in [-0.3, -0.25) is 0 Å². The molecule has 0 aliphatic rings. The second-order valence-corrected chi connectivity index (χ2v) is 17.2. The molecule has 13 aromatic rings. The number of aryl methyl sites for hydroxylation is 1. The molecule has 2 heterocycles. The fourth-order valence-corrected chi connectivity index (χ4v) is 10.1. The average Bonchev–Trinajstić information content (AvgIpc) is 3.68. The molecular formula is C62H40N2. The molecule has 0 radical (unpaired) electrons. The lowest BCUT2D eigenvalue weighted by Crippen LogP contribution is -1.98. The Morgan fingerprint density at radius 1 is 0.281 bits per heavy atom. The van der Waals surface area contributed by atoms with E-state index in [9.17, 15) is 0 Å². The molecule has 0 saturated carbocycles. The molecule has 0 N–H and O–H groups in total. The molecule has 0 saturated heterocycles. The molecule has 0 bridgehead atoms. The minimum Gasteiger partial charge on any atom is -0.309 e. The highest BCUT2D eigenvalue weighted by Crippen LogP contribution is 2.44. The fourth-order valence-electron chi connectivity index (χ4n) is 10.1. The summed E-state index contributed by atoms with van der Waals surface area (Å²) in [5.74, 6) is 0. The molecule has 0 atom stereocenters. The van der Waals surface area contributed by atoms with E-state index >= 15 is 0 Å².